The molecule has 1 fully saturated rings. The average Bonchev–Trinajstić information content (AvgIpc) is 3.30. The van der Waals surface area contributed by atoms with Crippen molar-refractivity contribution in [2.24, 2.45) is 5.41 Å². The summed E-state index contributed by atoms with van der Waals surface area (Å²) >= 11 is 1.70. The van der Waals surface area contributed by atoms with Crippen LogP contribution < -0.4 is 11.5 Å². The number of hydrogen-bond donors (Lipinski definition) is 2. The molecule has 1 saturated heterocycles. The van der Waals surface area contributed by atoms with E-state index < -0.39 is 0 Å². The van der Waals surface area contributed by atoms with Crippen LogP contribution in [0, 0.1) is 12.3 Å². The number of aromatic nitrogens is 1. The number of aldehydes is 1. The van der Waals surface area contributed by atoms with Crippen molar-refractivity contribution in [2.45, 2.75) is 59.5 Å². The Hall–Kier alpha value is -2.09. The number of rotatable bonds is 5. The fourth-order valence-electron chi connectivity index (χ4n) is 3.36. The summed E-state index contributed by atoms with van der Waals surface area (Å²) in [6.07, 6.45) is 3.21. The van der Waals surface area contributed by atoms with Crippen LogP contribution in [0.5, 0.6) is 0 Å². The first-order valence-electron chi connectivity index (χ1n) is 10.1. The van der Waals surface area contributed by atoms with Crippen LogP contribution in [0.25, 0.3) is 10.4 Å². The predicted octanol–water partition coefficient (Wildman–Crippen LogP) is 4.61. The number of thiazole rings is 1. The van der Waals surface area contributed by atoms with E-state index in [1.165, 1.54) is 16.0 Å². The highest BCUT2D eigenvalue weighted by molar-refractivity contribution is 7.13. The molecule has 0 spiro atoms. The molecule has 2 heterocycles. The van der Waals surface area contributed by atoms with Crippen LogP contribution in [-0.2, 0) is 16.1 Å². The van der Waals surface area contributed by atoms with Gasteiger partial charge in [-0.05, 0) is 43.4 Å². The van der Waals surface area contributed by atoms with Crippen LogP contribution in [0.1, 0.15) is 51.3 Å². The normalized spacial score (nSPS) is 15.8. The van der Waals surface area contributed by atoms with Gasteiger partial charge in [0.2, 0.25) is 5.91 Å². The Labute approximate surface area is 184 Å². The van der Waals surface area contributed by atoms with Gasteiger partial charge in [0.15, 0.2) is 0 Å². The Kier molecular flexibility index (Phi) is 10.3. The summed E-state index contributed by atoms with van der Waals surface area (Å²) in [5.74, 6) is 0.118. The average molecular weight is 433 g/mol. The number of carbonyl (C=O) groups excluding carboxylic acids is 2. The van der Waals surface area contributed by atoms with Gasteiger partial charge >= 0.3 is 0 Å². The number of nitrogens with one attached hydrogen (secondary N) is 1. The van der Waals surface area contributed by atoms with E-state index in [0.717, 1.165) is 37.9 Å². The van der Waals surface area contributed by atoms with E-state index in [1.807, 2.05) is 40.3 Å². The summed E-state index contributed by atoms with van der Waals surface area (Å²) in [7, 11) is 1.96. The Bertz CT molecular complexity index is 796. The van der Waals surface area contributed by atoms with E-state index >= 15 is 0 Å². The third-order valence-electron chi connectivity index (χ3n) is 4.80. The Morgan fingerprint density at radius 3 is 2.47 bits per heavy atom. The molecule has 4 N–H and O–H groups in total. The maximum atomic E-state index is 11.8. The lowest BCUT2D eigenvalue weighted by Gasteiger charge is -2.25. The van der Waals surface area contributed by atoms with Crippen LogP contribution in [0.2, 0.25) is 0 Å². The minimum Gasteiger partial charge on any atom is -0.344 e. The van der Waals surface area contributed by atoms with Gasteiger partial charge in [-0.3, -0.25) is 4.79 Å². The SMILES string of the molecule is CC(C)(C)CC(=O)N1CCCC1C=O.CNCc1ccc(-c2scnc2C)cc1.N. The van der Waals surface area contributed by atoms with Gasteiger partial charge in [0.05, 0.1) is 22.1 Å². The van der Waals surface area contributed by atoms with Gasteiger partial charge in [0.25, 0.3) is 0 Å². The molecule has 0 bridgehead atoms. The molecule has 0 aliphatic carbocycles. The monoisotopic (exact) mass is 432 g/mol. The zero-order valence-corrected chi connectivity index (χ0v) is 19.7. The number of nitrogens with zero attached hydrogens (tertiary/aromatic N) is 2. The molecular weight excluding hydrogens is 396 g/mol. The fourth-order valence-corrected chi connectivity index (χ4v) is 4.17. The third-order valence-corrected chi connectivity index (χ3v) is 5.78. The van der Waals surface area contributed by atoms with E-state index in [-0.39, 0.29) is 23.5 Å². The minimum atomic E-state index is -0.162. The molecule has 2 aromatic rings. The quantitative estimate of drug-likeness (QED) is 0.672. The van der Waals surface area contributed by atoms with Gasteiger partial charge in [-0.2, -0.15) is 0 Å². The lowest BCUT2D eigenvalue weighted by atomic mass is 9.91. The second-order valence-electron chi connectivity index (χ2n) is 8.66. The summed E-state index contributed by atoms with van der Waals surface area (Å²) < 4.78 is 0. The molecule has 30 heavy (non-hydrogen) atoms. The van der Waals surface area contributed by atoms with E-state index in [9.17, 15) is 9.59 Å². The molecule has 1 atom stereocenters. The first kappa shape index (κ1) is 25.9. The van der Waals surface area contributed by atoms with Crippen molar-refractivity contribution in [3.05, 3.63) is 41.0 Å². The Morgan fingerprint density at radius 2 is 1.97 bits per heavy atom. The highest BCUT2D eigenvalue weighted by Gasteiger charge is 2.30. The standard InChI is InChI=1S/C12H14N2S.C11H19NO2.H3N/c1-9-12(15-8-14-9)11-5-3-10(4-6-11)7-13-2;1-11(2,3)7-10(14)12-6-4-5-9(12)8-13;/h3-6,8,13H,7H2,1-2H3;8-9H,4-7H2,1-3H3;1H3. The van der Waals surface area contributed by atoms with Crippen LogP contribution in [0.15, 0.2) is 29.8 Å². The van der Waals surface area contributed by atoms with Crippen molar-refractivity contribution in [1.29, 1.82) is 0 Å². The predicted molar refractivity (Wildman–Crippen MR) is 125 cm³/mol. The lowest BCUT2D eigenvalue weighted by molar-refractivity contribution is -0.136. The summed E-state index contributed by atoms with van der Waals surface area (Å²) in [6.45, 7) is 9.83. The zero-order chi connectivity index (χ0) is 21.4. The first-order valence-corrected chi connectivity index (χ1v) is 11.0. The molecule has 0 radical (unpaired) electrons. The maximum absolute atomic E-state index is 11.8. The maximum Gasteiger partial charge on any atom is 0.223 e. The minimum absolute atomic E-state index is 0. The first-order chi connectivity index (χ1) is 13.7. The van der Waals surface area contributed by atoms with Crippen LogP contribution >= 0.6 is 11.3 Å². The lowest BCUT2D eigenvalue weighted by Crippen LogP contribution is -2.38. The molecular formula is C23H36N4O2S. The molecule has 1 aliphatic heterocycles. The van der Waals surface area contributed by atoms with E-state index in [4.69, 9.17) is 0 Å². The number of hydrogen-bond acceptors (Lipinski definition) is 6. The Morgan fingerprint density at radius 1 is 1.30 bits per heavy atom. The summed E-state index contributed by atoms with van der Waals surface area (Å²) in [5.41, 5.74) is 5.58. The van der Waals surface area contributed by atoms with Crippen molar-refractivity contribution in [2.75, 3.05) is 13.6 Å². The third kappa shape index (κ3) is 7.63. The van der Waals surface area contributed by atoms with Crippen molar-refractivity contribution < 1.29 is 9.59 Å². The van der Waals surface area contributed by atoms with Gasteiger partial charge < -0.3 is 21.2 Å². The molecule has 166 valence electrons. The Balaban J connectivity index is 0.000000291. The number of benzene rings is 1. The summed E-state index contributed by atoms with van der Waals surface area (Å²) in [6, 6.07) is 8.47. The van der Waals surface area contributed by atoms with Crippen molar-refractivity contribution >= 4 is 23.5 Å². The van der Waals surface area contributed by atoms with Crippen molar-refractivity contribution in [3.8, 4) is 10.4 Å². The van der Waals surface area contributed by atoms with Gasteiger partial charge in [-0.1, -0.05) is 45.0 Å². The van der Waals surface area contributed by atoms with E-state index in [0.29, 0.717) is 6.42 Å². The molecule has 1 aromatic carbocycles. The fraction of sp³-hybridized carbons (Fsp3) is 0.522. The van der Waals surface area contributed by atoms with E-state index in [2.05, 4.69) is 34.6 Å². The van der Waals surface area contributed by atoms with Gasteiger partial charge in [-0.15, -0.1) is 11.3 Å². The van der Waals surface area contributed by atoms with Gasteiger partial charge in [0, 0.05) is 19.5 Å². The smallest absolute Gasteiger partial charge is 0.223 e. The van der Waals surface area contributed by atoms with Crippen LogP contribution in [0.3, 0.4) is 0 Å². The molecule has 6 nitrogen and oxygen atoms in total. The highest BCUT2D eigenvalue weighted by atomic mass is 32.1. The number of likely N-dealkylation sites (tertiary alicyclic amines) is 1. The summed E-state index contributed by atoms with van der Waals surface area (Å²) in [4.78, 5) is 29.7. The molecule has 1 aromatic heterocycles. The molecule has 1 amide bonds. The second-order valence-corrected chi connectivity index (χ2v) is 9.52. The summed E-state index contributed by atoms with van der Waals surface area (Å²) in [5, 5.41) is 3.14. The highest BCUT2D eigenvalue weighted by Crippen LogP contribution is 2.27. The van der Waals surface area contributed by atoms with Crippen LogP contribution in [0.4, 0.5) is 0 Å². The molecule has 1 aliphatic rings. The number of carbonyl (C=O) groups is 2. The number of amides is 1. The van der Waals surface area contributed by atoms with Gasteiger partial charge in [-0.25, -0.2) is 4.98 Å². The van der Waals surface area contributed by atoms with Gasteiger partial charge in [0.1, 0.15) is 6.29 Å². The van der Waals surface area contributed by atoms with Crippen LogP contribution in [-0.4, -0.2) is 41.7 Å². The van der Waals surface area contributed by atoms with Crippen molar-refractivity contribution in [3.63, 3.8) is 0 Å². The second kappa shape index (κ2) is 11.9. The molecule has 1 unspecified atom stereocenters. The zero-order valence-electron chi connectivity index (χ0n) is 18.9. The number of aryl methyl sites for hydroxylation is 1. The largest absolute Gasteiger partial charge is 0.344 e. The molecule has 7 heteroatoms. The molecule has 0 saturated carbocycles. The van der Waals surface area contributed by atoms with Crippen molar-refractivity contribution in [1.82, 2.24) is 21.4 Å². The topological polar surface area (TPSA) is 97.3 Å². The van der Waals surface area contributed by atoms with E-state index in [1.54, 1.807) is 16.2 Å². The molecule has 3 rings (SSSR count).